The number of carbonyl (C=O) groups excluding carboxylic acids is 3. The van der Waals surface area contributed by atoms with Crippen molar-refractivity contribution in [1.29, 1.82) is 0 Å². The van der Waals surface area contributed by atoms with Gasteiger partial charge in [0.15, 0.2) is 0 Å². The van der Waals surface area contributed by atoms with E-state index in [2.05, 4.69) is 39.8 Å². The van der Waals surface area contributed by atoms with Crippen molar-refractivity contribution in [3.05, 3.63) is 95.6 Å². The molecule has 3 aromatic rings. The minimum atomic E-state index is -0.557. The normalized spacial score (nSPS) is 20.9. The highest BCUT2D eigenvalue weighted by Gasteiger charge is 2.42. The van der Waals surface area contributed by atoms with Crippen LogP contribution in [0.2, 0.25) is 0 Å². The van der Waals surface area contributed by atoms with E-state index < -0.39 is 18.2 Å². The molecule has 3 aromatic carbocycles. The molecular formula is C45H60N4O5. The molecule has 1 heterocycles. The first-order chi connectivity index (χ1) is 26.1. The van der Waals surface area contributed by atoms with Crippen LogP contribution in [-0.4, -0.2) is 72.8 Å². The number of fused-ring (bicyclic) bond motifs is 4. The molecule has 0 bridgehead atoms. The summed E-state index contributed by atoms with van der Waals surface area (Å²) in [6, 6.07) is 25.9. The maximum atomic E-state index is 13.7. The fourth-order valence-corrected chi connectivity index (χ4v) is 8.77. The van der Waals surface area contributed by atoms with Gasteiger partial charge in [-0.05, 0) is 92.5 Å². The van der Waals surface area contributed by atoms with E-state index in [1.807, 2.05) is 75.4 Å². The number of esters is 1. The van der Waals surface area contributed by atoms with Crippen molar-refractivity contribution in [2.75, 3.05) is 26.2 Å². The van der Waals surface area contributed by atoms with Crippen molar-refractivity contribution in [2.45, 2.75) is 115 Å². The molecule has 5 atom stereocenters. The van der Waals surface area contributed by atoms with Crippen LogP contribution in [0.3, 0.4) is 0 Å². The number of rotatable bonds is 15. The number of likely N-dealkylation sites (tertiary alicyclic amines) is 1. The topological polar surface area (TPSA) is 123 Å². The van der Waals surface area contributed by atoms with Crippen molar-refractivity contribution in [3.63, 3.8) is 0 Å². The highest BCUT2D eigenvalue weighted by Crippen LogP contribution is 2.44. The molecule has 1 aliphatic heterocycles. The van der Waals surface area contributed by atoms with Gasteiger partial charge < -0.3 is 25.8 Å². The summed E-state index contributed by atoms with van der Waals surface area (Å²) in [6.07, 6.45) is 7.56. The van der Waals surface area contributed by atoms with E-state index in [4.69, 9.17) is 15.2 Å². The number of ether oxygens (including phenoxy) is 2. The van der Waals surface area contributed by atoms with Crippen LogP contribution in [0.5, 0.6) is 0 Å². The van der Waals surface area contributed by atoms with E-state index >= 15 is 0 Å². The number of nitrogens with zero attached hydrogens (tertiary/aromatic N) is 1. The highest BCUT2D eigenvalue weighted by molar-refractivity contribution is 5.82. The predicted octanol–water partition coefficient (Wildman–Crippen LogP) is 7.36. The number of hydrogen-bond acceptors (Lipinski definition) is 7. The molecule has 54 heavy (non-hydrogen) atoms. The Balaban J connectivity index is 0.985. The molecule has 0 aromatic heterocycles. The first kappa shape index (κ1) is 39.5. The highest BCUT2D eigenvalue weighted by atomic mass is 16.6. The standard InChI is InChI=1S/C45H60N4O5/c1-45(2,3)48-43(51)40-27-32-18-9-10-19-33(32)28-49(40)29-41(39(46)26-31-16-6-4-7-17-31)54-42(50)24-8-5-15-25-47-44(52)53-30-38-36-22-13-11-20-34(36)35-21-12-14-23-37(35)38/h4,6-7,11-14,16-17,20-23,32-33,38-41H,5,8-10,15,18-19,24-30,46H2,1-3H3,(H,47,52)(H,48,51)/t32-,33+,39-,40-,41+/m0/s1. The van der Waals surface area contributed by atoms with E-state index in [9.17, 15) is 14.4 Å². The lowest BCUT2D eigenvalue weighted by atomic mass is 9.72. The Bertz CT molecular complexity index is 1660. The first-order valence-electron chi connectivity index (χ1n) is 20.2. The van der Waals surface area contributed by atoms with E-state index in [0.717, 1.165) is 31.4 Å². The Morgan fingerprint density at radius 3 is 2.19 bits per heavy atom. The van der Waals surface area contributed by atoms with Crippen LogP contribution < -0.4 is 16.4 Å². The Hall–Kier alpha value is -4.21. The Kier molecular flexibility index (Phi) is 13.5. The molecule has 0 radical (unpaired) electrons. The second kappa shape index (κ2) is 18.4. The second-order valence-electron chi connectivity index (χ2n) is 16.7. The van der Waals surface area contributed by atoms with Gasteiger partial charge in [0.2, 0.25) is 5.91 Å². The van der Waals surface area contributed by atoms with Gasteiger partial charge in [0.05, 0.1) is 6.04 Å². The molecule has 6 rings (SSSR count). The number of benzene rings is 3. The van der Waals surface area contributed by atoms with Crippen LogP contribution in [0.4, 0.5) is 4.79 Å². The third-order valence-corrected chi connectivity index (χ3v) is 11.5. The fraction of sp³-hybridized carbons (Fsp3) is 0.533. The molecule has 0 spiro atoms. The lowest BCUT2D eigenvalue weighted by molar-refractivity contribution is -0.153. The number of nitrogens with one attached hydrogen (secondary N) is 2. The number of nitrogens with two attached hydrogens (primary N) is 1. The van der Waals surface area contributed by atoms with Crippen LogP contribution in [0.15, 0.2) is 78.9 Å². The van der Waals surface area contributed by atoms with Gasteiger partial charge in [-0.2, -0.15) is 0 Å². The van der Waals surface area contributed by atoms with E-state index in [1.165, 1.54) is 47.9 Å². The third-order valence-electron chi connectivity index (χ3n) is 11.5. The van der Waals surface area contributed by atoms with Crippen molar-refractivity contribution < 1.29 is 23.9 Å². The average molecular weight is 737 g/mol. The zero-order valence-corrected chi connectivity index (χ0v) is 32.4. The molecule has 1 saturated heterocycles. The molecular weight excluding hydrogens is 677 g/mol. The largest absolute Gasteiger partial charge is 0.459 e. The van der Waals surface area contributed by atoms with E-state index in [-0.39, 0.29) is 42.4 Å². The Morgan fingerprint density at radius 2 is 1.50 bits per heavy atom. The minimum absolute atomic E-state index is 0.0180. The zero-order chi connectivity index (χ0) is 38.1. The summed E-state index contributed by atoms with van der Waals surface area (Å²) in [4.78, 5) is 41.9. The smallest absolute Gasteiger partial charge is 0.407 e. The van der Waals surface area contributed by atoms with Gasteiger partial charge in [-0.15, -0.1) is 0 Å². The summed E-state index contributed by atoms with van der Waals surface area (Å²) in [6.45, 7) is 8.02. The van der Waals surface area contributed by atoms with Crippen LogP contribution in [0.25, 0.3) is 11.1 Å². The summed E-state index contributed by atoms with van der Waals surface area (Å²) in [5.74, 6) is 0.866. The van der Waals surface area contributed by atoms with E-state index in [0.29, 0.717) is 37.8 Å². The number of alkyl carbamates (subject to hydrolysis) is 1. The molecule has 3 aliphatic rings. The Morgan fingerprint density at radius 1 is 0.852 bits per heavy atom. The third kappa shape index (κ3) is 10.5. The molecule has 2 amide bonds. The van der Waals surface area contributed by atoms with Gasteiger partial charge in [-0.25, -0.2) is 4.79 Å². The number of amides is 2. The molecule has 4 N–H and O–H groups in total. The quantitative estimate of drug-likeness (QED) is 0.110. The van der Waals surface area contributed by atoms with Gasteiger partial charge in [-0.3, -0.25) is 14.5 Å². The van der Waals surface area contributed by atoms with Gasteiger partial charge in [0.1, 0.15) is 12.7 Å². The van der Waals surface area contributed by atoms with Crippen molar-refractivity contribution in [3.8, 4) is 11.1 Å². The van der Waals surface area contributed by atoms with Gasteiger partial charge in [0, 0.05) is 43.6 Å². The molecule has 9 nitrogen and oxygen atoms in total. The van der Waals surface area contributed by atoms with Crippen molar-refractivity contribution >= 4 is 18.0 Å². The minimum Gasteiger partial charge on any atom is -0.459 e. The number of unbranched alkanes of at least 4 members (excludes halogenated alkanes) is 2. The molecule has 2 fully saturated rings. The van der Waals surface area contributed by atoms with Crippen LogP contribution in [0.1, 0.15) is 101 Å². The zero-order valence-electron chi connectivity index (χ0n) is 32.4. The van der Waals surface area contributed by atoms with Crippen molar-refractivity contribution in [1.82, 2.24) is 15.5 Å². The van der Waals surface area contributed by atoms with Gasteiger partial charge in [0.25, 0.3) is 0 Å². The number of carbonyl (C=O) groups is 3. The monoisotopic (exact) mass is 736 g/mol. The number of piperidine rings is 1. The maximum absolute atomic E-state index is 13.7. The SMILES string of the molecule is CC(C)(C)NC(=O)[C@@H]1C[C@@H]2CCCC[C@@H]2CN1C[C@@H](OC(=O)CCCCCNC(=O)OCC1c2ccccc2-c2ccccc21)[C@@H](N)Cc1ccccc1. The van der Waals surface area contributed by atoms with Gasteiger partial charge in [-0.1, -0.05) is 105 Å². The second-order valence-corrected chi connectivity index (χ2v) is 16.7. The lowest BCUT2D eigenvalue weighted by Gasteiger charge is -2.47. The van der Waals surface area contributed by atoms with Crippen LogP contribution in [0, 0.1) is 11.8 Å². The summed E-state index contributed by atoms with van der Waals surface area (Å²) >= 11 is 0. The molecule has 2 aliphatic carbocycles. The molecule has 290 valence electrons. The molecule has 0 unspecified atom stereocenters. The maximum Gasteiger partial charge on any atom is 0.407 e. The average Bonchev–Trinajstić information content (AvgIpc) is 3.48. The Labute approximate surface area is 321 Å². The van der Waals surface area contributed by atoms with Crippen molar-refractivity contribution in [2.24, 2.45) is 17.6 Å². The van der Waals surface area contributed by atoms with E-state index in [1.54, 1.807) is 0 Å². The molecule has 9 heteroatoms. The fourth-order valence-electron chi connectivity index (χ4n) is 8.77. The summed E-state index contributed by atoms with van der Waals surface area (Å²) in [7, 11) is 0. The summed E-state index contributed by atoms with van der Waals surface area (Å²) in [5.41, 5.74) is 12.3. The molecule has 1 saturated carbocycles. The van der Waals surface area contributed by atoms with Crippen LogP contribution >= 0.6 is 0 Å². The lowest BCUT2D eigenvalue weighted by Crippen LogP contribution is -2.60. The van der Waals surface area contributed by atoms with Gasteiger partial charge >= 0.3 is 12.1 Å². The predicted molar refractivity (Wildman–Crippen MR) is 213 cm³/mol. The number of hydrogen-bond donors (Lipinski definition) is 3. The summed E-state index contributed by atoms with van der Waals surface area (Å²) in [5, 5.41) is 6.10. The summed E-state index contributed by atoms with van der Waals surface area (Å²) < 4.78 is 11.9. The first-order valence-corrected chi connectivity index (χ1v) is 20.2. The van der Waals surface area contributed by atoms with Crippen LogP contribution in [-0.2, 0) is 25.5 Å².